The third kappa shape index (κ3) is 3.12. The second-order valence-corrected chi connectivity index (χ2v) is 5.24. The summed E-state index contributed by atoms with van der Waals surface area (Å²) in [6, 6.07) is 0. The highest BCUT2D eigenvalue weighted by Crippen LogP contribution is 2.45. The lowest BCUT2D eigenvalue weighted by Crippen LogP contribution is -2.34. The van der Waals surface area contributed by atoms with Crippen LogP contribution >= 0.6 is 7.82 Å². The monoisotopic (exact) mass is 295 g/mol. The van der Waals surface area contributed by atoms with Gasteiger partial charge in [-0.1, -0.05) is 0 Å². The standard InChI is InChI=1S/C8H14N3O7P/c9-4-1-10-8(11-4)7-6(18-19(14,15)16)5(13)3(2-12)17-7/h1,3,5-7,12-13H,2,9H2,(H,10,11)(H2,14,15,16)/t3-,5-,6-,7?/m1/s1. The highest BCUT2D eigenvalue weighted by molar-refractivity contribution is 7.46. The summed E-state index contributed by atoms with van der Waals surface area (Å²) in [6.45, 7) is -0.533. The number of H-pyrrole nitrogens is 1. The predicted molar refractivity (Wildman–Crippen MR) is 60.6 cm³/mol. The molecule has 7 N–H and O–H groups in total. The van der Waals surface area contributed by atoms with Crippen molar-refractivity contribution in [1.82, 2.24) is 9.97 Å². The van der Waals surface area contributed by atoms with Gasteiger partial charge in [0.05, 0.1) is 12.8 Å². The Kier molecular flexibility index (Phi) is 3.92. The first-order valence-corrected chi connectivity index (χ1v) is 6.83. The molecule has 2 rings (SSSR count). The molecular formula is C8H14N3O7P. The smallest absolute Gasteiger partial charge is 0.394 e. The summed E-state index contributed by atoms with van der Waals surface area (Å²) in [5.41, 5.74) is 5.44. The number of ether oxygens (including phenoxy) is 1. The largest absolute Gasteiger partial charge is 0.470 e. The summed E-state index contributed by atoms with van der Waals surface area (Å²) < 4.78 is 20.7. The number of nitrogens with one attached hydrogen (secondary N) is 1. The number of aromatic nitrogens is 2. The number of hydrogen-bond acceptors (Lipinski definition) is 7. The minimum absolute atomic E-state index is 0.144. The van der Waals surface area contributed by atoms with Gasteiger partial charge in [-0.2, -0.15) is 0 Å². The second kappa shape index (κ2) is 5.17. The van der Waals surface area contributed by atoms with Crippen LogP contribution in [0.15, 0.2) is 6.20 Å². The van der Waals surface area contributed by atoms with Gasteiger partial charge in [0, 0.05) is 0 Å². The number of nitrogens with two attached hydrogens (primary N) is 1. The minimum Gasteiger partial charge on any atom is -0.394 e. The first-order valence-electron chi connectivity index (χ1n) is 5.30. The zero-order valence-corrected chi connectivity index (χ0v) is 10.5. The van der Waals surface area contributed by atoms with Gasteiger partial charge in [0.15, 0.2) is 0 Å². The number of nitrogen functional groups attached to an aromatic ring is 1. The molecular weight excluding hydrogens is 281 g/mol. The number of phosphoric acid groups is 1. The molecule has 0 bridgehead atoms. The fourth-order valence-corrected chi connectivity index (χ4v) is 2.43. The highest BCUT2D eigenvalue weighted by atomic mass is 31.2. The van der Waals surface area contributed by atoms with Crippen LogP contribution in [0.5, 0.6) is 0 Å². The Hall–Kier alpha value is -1.00. The average molecular weight is 295 g/mol. The van der Waals surface area contributed by atoms with E-state index >= 15 is 0 Å². The predicted octanol–water partition coefficient (Wildman–Crippen LogP) is -1.74. The molecule has 0 aromatic carbocycles. The number of nitrogens with zero attached hydrogens (tertiary/aromatic N) is 1. The van der Waals surface area contributed by atoms with Crippen molar-refractivity contribution < 1.29 is 33.8 Å². The van der Waals surface area contributed by atoms with Crippen LogP contribution in [-0.4, -0.2) is 54.9 Å². The minimum atomic E-state index is -4.83. The van der Waals surface area contributed by atoms with Gasteiger partial charge in [-0.25, -0.2) is 9.55 Å². The molecule has 2 heterocycles. The van der Waals surface area contributed by atoms with Gasteiger partial charge in [0.25, 0.3) is 0 Å². The number of aliphatic hydroxyl groups excluding tert-OH is 2. The quantitative estimate of drug-likeness (QED) is 0.353. The maximum Gasteiger partial charge on any atom is 0.470 e. The lowest BCUT2D eigenvalue weighted by atomic mass is 10.1. The maximum absolute atomic E-state index is 10.9. The fourth-order valence-electron chi connectivity index (χ4n) is 1.88. The Morgan fingerprint density at radius 2 is 2.26 bits per heavy atom. The zero-order valence-electron chi connectivity index (χ0n) is 9.58. The normalized spacial score (nSPS) is 31.8. The summed E-state index contributed by atoms with van der Waals surface area (Å²) in [7, 11) is -4.83. The van der Waals surface area contributed by atoms with Gasteiger partial charge in [0.2, 0.25) is 0 Å². The van der Waals surface area contributed by atoms with Crippen LogP contribution in [0, 0.1) is 0 Å². The summed E-state index contributed by atoms with van der Waals surface area (Å²) >= 11 is 0. The van der Waals surface area contributed by atoms with Crippen LogP contribution in [0.4, 0.5) is 5.82 Å². The van der Waals surface area contributed by atoms with Crippen molar-refractivity contribution in [2.45, 2.75) is 24.4 Å². The van der Waals surface area contributed by atoms with Crippen molar-refractivity contribution in [3.63, 3.8) is 0 Å². The number of anilines is 1. The Morgan fingerprint density at radius 3 is 2.74 bits per heavy atom. The van der Waals surface area contributed by atoms with E-state index in [-0.39, 0.29) is 11.6 Å². The Balaban J connectivity index is 2.26. The van der Waals surface area contributed by atoms with Crippen molar-refractivity contribution in [3.05, 3.63) is 12.0 Å². The van der Waals surface area contributed by atoms with Gasteiger partial charge >= 0.3 is 7.82 Å². The van der Waals surface area contributed by atoms with E-state index in [0.29, 0.717) is 0 Å². The number of imidazole rings is 1. The SMILES string of the molecule is Nc1cnc(C2O[C@H](CO)[C@@H](O)[C@H]2OP(=O)(O)O)[nH]1. The molecule has 0 aliphatic carbocycles. The zero-order chi connectivity index (χ0) is 14.2. The number of phosphoric ester groups is 1. The molecule has 1 aromatic heterocycles. The Morgan fingerprint density at radius 1 is 1.58 bits per heavy atom. The molecule has 19 heavy (non-hydrogen) atoms. The van der Waals surface area contributed by atoms with Crippen molar-refractivity contribution in [2.24, 2.45) is 0 Å². The molecule has 11 heteroatoms. The third-order valence-electron chi connectivity index (χ3n) is 2.66. The van der Waals surface area contributed by atoms with E-state index in [9.17, 15) is 9.67 Å². The number of hydrogen-bond donors (Lipinski definition) is 6. The van der Waals surface area contributed by atoms with Crippen LogP contribution in [0.2, 0.25) is 0 Å². The molecule has 0 radical (unpaired) electrons. The summed E-state index contributed by atoms with van der Waals surface area (Å²) in [5.74, 6) is 0.362. The van der Waals surface area contributed by atoms with E-state index in [1.807, 2.05) is 0 Å². The summed E-state index contributed by atoms with van der Waals surface area (Å²) in [5, 5.41) is 18.9. The van der Waals surface area contributed by atoms with Crippen molar-refractivity contribution >= 4 is 13.6 Å². The molecule has 108 valence electrons. The molecule has 1 aliphatic rings. The molecule has 1 aliphatic heterocycles. The lowest BCUT2D eigenvalue weighted by Gasteiger charge is -2.19. The molecule has 4 atom stereocenters. The molecule has 1 aromatic rings. The van der Waals surface area contributed by atoms with Gasteiger partial charge in [-0.05, 0) is 0 Å². The number of rotatable bonds is 4. The van der Waals surface area contributed by atoms with E-state index in [4.69, 9.17) is 25.4 Å². The molecule has 0 saturated carbocycles. The van der Waals surface area contributed by atoms with Crippen LogP contribution in [0.1, 0.15) is 11.9 Å². The van der Waals surface area contributed by atoms with Gasteiger partial charge in [-0.3, -0.25) is 4.52 Å². The van der Waals surface area contributed by atoms with E-state index < -0.39 is 38.8 Å². The highest BCUT2D eigenvalue weighted by Gasteiger charge is 2.48. The fraction of sp³-hybridized carbons (Fsp3) is 0.625. The van der Waals surface area contributed by atoms with Gasteiger partial charge in [0.1, 0.15) is 36.1 Å². The third-order valence-corrected chi connectivity index (χ3v) is 3.18. The summed E-state index contributed by atoms with van der Waals surface area (Å²) in [4.78, 5) is 24.1. The van der Waals surface area contributed by atoms with Crippen LogP contribution in [-0.2, 0) is 13.8 Å². The summed E-state index contributed by atoms with van der Waals surface area (Å²) in [6.07, 6.45) is -3.60. The molecule has 10 nitrogen and oxygen atoms in total. The molecule has 0 spiro atoms. The first-order chi connectivity index (χ1) is 8.81. The van der Waals surface area contributed by atoms with E-state index in [1.165, 1.54) is 6.20 Å². The Labute approximate surface area is 107 Å². The van der Waals surface area contributed by atoms with Crippen LogP contribution in [0.25, 0.3) is 0 Å². The molecule has 1 fully saturated rings. The van der Waals surface area contributed by atoms with E-state index in [2.05, 4.69) is 14.5 Å². The number of aromatic amines is 1. The van der Waals surface area contributed by atoms with Crippen molar-refractivity contribution in [1.29, 1.82) is 0 Å². The molecule has 0 amide bonds. The van der Waals surface area contributed by atoms with E-state index in [1.54, 1.807) is 0 Å². The molecule has 1 saturated heterocycles. The average Bonchev–Trinajstić information content (AvgIpc) is 2.83. The van der Waals surface area contributed by atoms with E-state index in [0.717, 1.165) is 0 Å². The Bertz CT molecular complexity index is 488. The van der Waals surface area contributed by atoms with Crippen molar-refractivity contribution in [2.75, 3.05) is 12.3 Å². The lowest BCUT2D eigenvalue weighted by molar-refractivity contribution is -0.0250. The first kappa shape index (κ1) is 14.4. The topological polar surface area (TPSA) is 171 Å². The van der Waals surface area contributed by atoms with Gasteiger partial charge in [-0.15, -0.1) is 0 Å². The maximum atomic E-state index is 10.9. The molecule has 1 unspecified atom stereocenters. The number of aliphatic hydroxyl groups is 2. The van der Waals surface area contributed by atoms with Crippen LogP contribution < -0.4 is 5.73 Å². The van der Waals surface area contributed by atoms with Crippen LogP contribution in [0.3, 0.4) is 0 Å². The van der Waals surface area contributed by atoms with Gasteiger partial charge < -0.3 is 35.5 Å². The second-order valence-electron chi connectivity index (χ2n) is 4.05. The van der Waals surface area contributed by atoms with Crippen molar-refractivity contribution in [3.8, 4) is 0 Å².